The topological polar surface area (TPSA) is 129 Å². The molecule has 172 valence electrons. The Morgan fingerprint density at radius 3 is 2.41 bits per heavy atom. The number of hydrogen-bond donors (Lipinski definition) is 1. The summed E-state index contributed by atoms with van der Waals surface area (Å²) in [6, 6.07) is 3.47. The summed E-state index contributed by atoms with van der Waals surface area (Å²) in [4.78, 5) is 35.0. The molecule has 0 radical (unpaired) electrons. The Bertz CT molecular complexity index is 1170. The van der Waals surface area contributed by atoms with Crippen molar-refractivity contribution in [2.24, 2.45) is 18.7 Å². The number of sulfonamides is 1. The number of amides is 1. The lowest BCUT2D eigenvalue weighted by Gasteiger charge is -2.30. The number of carbonyl (C=O) groups is 3. The zero-order valence-electron chi connectivity index (χ0n) is 17.1. The van der Waals surface area contributed by atoms with Gasteiger partial charge in [-0.15, -0.1) is 0 Å². The van der Waals surface area contributed by atoms with E-state index in [1.54, 1.807) is 7.05 Å². The molecule has 32 heavy (non-hydrogen) atoms. The van der Waals surface area contributed by atoms with Gasteiger partial charge in [-0.2, -0.15) is 4.31 Å². The maximum Gasteiger partial charge on any atom is 0.309 e. The van der Waals surface area contributed by atoms with Crippen LogP contribution < -0.4 is 5.73 Å². The largest absolute Gasteiger partial charge is 0.457 e. The lowest BCUT2D eigenvalue weighted by atomic mass is 9.98. The average Bonchev–Trinajstić information content (AvgIpc) is 3.15. The van der Waals surface area contributed by atoms with Gasteiger partial charge in [-0.1, -0.05) is 0 Å². The second-order valence-corrected chi connectivity index (χ2v) is 9.28. The van der Waals surface area contributed by atoms with Crippen molar-refractivity contribution < 1.29 is 36.3 Å². The van der Waals surface area contributed by atoms with Gasteiger partial charge >= 0.3 is 5.97 Å². The van der Waals surface area contributed by atoms with Crippen LogP contribution in [-0.2, 0) is 26.6 Å². The van der Waals surface area contributed by atoms with E-state index in [9.17, 15) is 31.6 Å². The number of esters is 1. The number of benzene rings is 1. The summed E-state index contributed by atoms with van der Waals surface area (Å²) in [6.07, 6.45) is 1.59. The SMILES string of the molecule is Cn1cc(C(=O)COC(=O)C2CCN(S(=O)(=O)c3cc(F)ccc3F)CC2)cc1C(N)=O. The number of rotatable bonds is 7. The lowest BCUT2D eigenvalue weighted by molar-refractivity contribution is -0.148. The summed E-state index contributed by atoms with van der Waals surface area (Å²) < 4.78 is 59.9. The van der Waals surface area contributed by atoms with Crippen molar-refractivity contribution in [2.45, 2.75) is 17.7 Å². The van der Waals surface area contributed by atoms with Crippen LogP contribution in [0.1, 0.15) is 33.7 Å². The minimum absolute atomic E-state index is 0.0906. The zero-order chi connectivity index (χ0) is 23.6. The Hall–Kier alpha value is -3.12. The van der Waals surface area contributed by atoms with E-state index in [0.29, 0.717) is 6.07 Å². The number of nitrogens with two attached hydrogens (primary N) is 1. The number of halogens is 2. The number of piperidine rings is 1. The van der Waals surface area contributed by atoms with Crippen LogP contribution in [0.25, 0.3) is 0 Å². The molecule has 0 bridgehead atoms. The Labute approximate surface area is 182 Å². The molecule has 0 atom stereocenters. The van der Waals surface area contributed by atoms with Gasteiger partial charge in [0, 0.05) is 31.9 Å². The molecule has 0 spiro atoms. The molecule has 1 amide bonds. The fourth-order valence-electron chi connectivity index (χ4n) is 3.45. The number of aryl methyl sites for hydroxylation is 1. The molecule has 12 heteroatoms. The second-order valence-electron chi connectivity index (χ2n) is 7.37. The predicted octanol–water partition coefficient (Wildman–Crippen LogP) is 1.23. The van der Waals surface area contributed by atoms with E-state index >= 15 is 0 Å². The molecule has 1 aromatic heterocycles. The van der Waals surface area contributed by atoms with Crippen LogP contribution in [0.5, 0.6) is 0 Å². The molecule has 2 aromatic rings. The number of carbonyl (C=O) groups excluding carboxylic acids is 3. The van der Waals surface area contributed by atoms with Gasteiger partial charge in [-0.05, 0) is 37.1 Å². The van der Waals surface area contributed by atoms with Gasteiger partial charge in [0.15, 0.2) is 6.61 Å². The molecule has 1 aliphatic rings. The van der Waals surface area contributed by atoms with E-state index < -0.39 is 56.7 Å². The van der Waals surface area contributed by atoms with Crippen LogP contribution >= 0.6 is 0 Å². The monoisotopic (exact) mass is 469 g/mol. The summed E-state index contributed by atoms with van der Waals surface area (Å²) in [7, 11) is -2.72. The molecule has 0 aliphatic carbocycles. The fraction of sp³-hybridized carbons (Fsp3) is 0.350. The number of hydrogen-bond acceptors (Lipinski definition) is 6. The van der Waals surface area contributed by atoms with Crippen molar-refractivity contribution in [1.82, 2.24) is 8.87 Å². The molecular weight excluding hydrogens is 448 g/mol. The maximum absolute atomic E-state index is 13.9. The van der Waals surface area contributed by atoms with Crippen LogP contribution in [0.3, 0.4) is 0 Å². The van der Waals surface area contributed by atoms with Crippen molar-refractivity contribution in [2.75, 3.05) is 19.7 Å². The Kier molecular flexibility index (Phi) is 6.74. The number of primary amides is 1. The lowest BCUT2D eigenvalue weighted by Crippen LogP contribution is -2.41. The number of ether oxygens (including phenoxy) is 1. The van der Waals surface area contributed by atoms with E-state index in [0.717, 1.165) is 16.4 Å². The van der Waals surface area contributed by atoms with Crippen molar-refractivity contribution in [3.8, 4) is 0 Å². The maximum atomic E-state index is 13.9. The number of Topliss-reactive ketones (excluding diaryl/α,β-unsaturated/α-hetero) is 1. The van der Waals surface area contributed by atoms with E-state index in [1.807, 2.05) is 0 Å². The minimum Gasteiger partial charge on any atom is -0.457 e. The van der Waals surface area contributed by atoms with Crippen LogP contribution in [0.2, 0.25) is 0 Å². The third-order valence-electron chi connectivity index (χ3n) is 5.22. The van der Waals surface area contributed by atoms with E-state index in [-0.39, 0.29) is 37.2 Å². The molecule has 0 saturated carbocycles. The summed E-state index contributed by atoms with van der Waals surface area (Å²) in [5.74, 6) is -4.49. The van der Waals surface area contributed by atoms with E-state index in [1.165, 1.54) is 16.8 Å². The van der Waals surface area contributed by atoms with Crippen LogP contribution in [0.4, 0.5) is 8.78 Å². The standard InChI is InChI=1S/C20H21F2N3O6S/c1-24-10-13(8-16(24)19(23)27)17(26)11-31-20(28)12-4-6-25(7-5-12)32(29,30)18-9-14(21)2-3-15(18)22/h2-3,8-10,12H,4-7,11H2,1H3,(H2,23,27). The molecule has 2 N–H and O–H groups in total. The first-order valence-corrected chi connectivity index (χ1v) is 11.1. The summed E-state index contributed by atoms with van der Waals surface area (Å²) in [5.41, 5.74) is 5.49. The van der Waals surface area contributed by atoms with Gasteiger partial charge in [0.2, 0.25) is 15.8 Å². The summed E-state index contributed by atoms with van der Waals surface area (Å²) >= 11 is 0. The van der Waals surface area contributed by atoms with E-state index in [4.69, 9.17) is 10.5 Å². The molecule has 1 fully saturated rings. The van der Waals surface area contributed by atoms with Gasteiger partial charge in [-0.3, -0.25) is 14.4 Å². The summed E-state index contributed by atoms with van der Waals surface area (Å²) in [6.45, 7) is -0.729. The number of nitrogens with zero attached hydrogens (tertiary/aromatic N) is 2. The van der Waals surface area contributed by atoms with Gasteiger partial charge in [0.25, 0.3) is 5.91 Å². The highest BCUT2D eigenvalue weighted by molar-refractivity contribution is 7.89. The van der Waals surface area contributed by atoms with Gasteiger partial charge in [-0.25, -0.2) is 17.2 Å². The van der Waals surface area contributed by atoms with Crippen molar-refractivity contribution in [3.05, 3.63) is 53.4 Å². The van der Waals surface area contributed by atoms with Crippen LogP contribution in [0.15, 0.2) is 35.4 Å². The van der Waals surface area contributed by atoms with Crippen LogP contribution in [-0.4, -0.2) is 54.6 Å². The molecule has 2 heterocycles. The first-order chi connectivity index (χ1) is 15.0. The van der Waals surface area contributed by atoms with Crippen molar-refractivity contribution in [1.29, 1.82) is 0 Å². The molecule has 9 nitrogen and oxygen atoms in total. The third-order valence-corrected chi connectivity index (χ3v) is 7.14. The first-order valence-electron chi connectivity index (χ1n) is 9.62. The van der Waals surface area contributed by atoms with Crippen LogP contribution in [0, 0.1) is 17.6 Å². The quantitative estimate of drug-likeness (QED) is 0.480. The molecule has 1 aliphatic heterocycles. The van der Waals surface area contributed by atoms with E-state index in [2.05, 4.69) is 0 Å². The molecule has 0 unspecified atom stereocenters. The second kappa shape index (κ2) is 9.17. The Balaban J connectivity index is 1.56. The fourth-order valence-corrected chi connectivity index (χ4v) is 4.99. The third kappa shape index (κ3) is 4.86. The molecule has 1 aromatic carbocycles. The predicted molar refractivity (Wildman–Crippen MR) is 107 cm³/mol. The normalized spacial score (nSPS) is 15.5. The highest BCUT2D eigenvalue weighted by atomic mass is 32.2. The Morgan fingerprint density at radius 1 is 1.16 bits per heavy atom. The number of ketones is 1. The smallest absolute Gasteiger partial charge is 0.309 e. The summed E-state index contributed by atoms with van der Waals surface area (Å²) in [5, 5.41) is 0. The highest BCUT2D eigenvalue weighted by Crippen LogP contribution is 2.26. The van der Waals surface area contributed by atoms with Gasteiger partial charge < -0.3 is 15.0 Å². The highest BCUT2D eigenvalue weighted by Gasteiger charge is 2.34. The average molecular weight is 469 g/mol. The van der Waals surface area contributed by atoms with Gasteiger partial charge in [0.1, 0.15) is 22.2 Å². The Morgan fingerprint density at radius 2 is 1.81 bits per heavy atom. The molecule has 3 rings (SSSR count). The molecular formula is C20H21F2N3O6S. The molecule has 1 saturated heterocycles. The van der Waals surface area contributed by atoms with Gasteiger partial charge in [0.05, 0.1) is 5.92 Å². The number of aromatic nitrogens is 1. The minimum atomic E-state index is -4.26. The van der Waals surface area contributed by atoms with Crippen molar-refractivity contribution in [3.63, 3.8) is 0 Å². The van der Waals surface area contributed by atoms with Crippen molar-refractivity contribution >= 4 is 27.7 Å². The first kappa shape index (κ1) is 23.5. The zero-order valence-corrected chi connectivity index (χ0v) is 17.9.